The monoisotopic (exact) mass is 320 g/mol. The van der Waals surface area contributed by atoms with Gasteiger partial charge in [0.1, 0.15) is 11.6 Å². The van der Waals surface area contributed by atoms with Gasteiger partial charge in [-0.05, 0) is 54.6 Å². The lowest BCUT2D eigenvalue weighted by Crippen LogP contribution is -2.10. The zero-order chi connectivity index (χ0) is 16.5. The number of benzene rings is 2. The first kappa shape index (κ1) is 14.3. The van der Waals surface area contributed by atoms with Crippen LogP contribution in [0.4, 0.5) is 10.1 Å². The number of halogens is 1. The van der Waals surface area contributed by atoms with E-state index in [4.69, 9.17) is 4.42 Å². The number of amides is 1. The molecule has 0 spiro atoms. The Balaban J connectivity index is 1.59. The Hall–Kier alpha value is -3.34. The molecule has 0 atom stereocenters. The number of carbonyl (C=O) groups is 1. The molecular formula is C19H13FN2O2. The summed E-state index contributed by atoms with van der Waals surface area (Å²) in [6, 6.07) is 16.7. The number of carbonyl (C=O) groups excluding carboxylic acids is 1. The number of hydrogen-bond acceptors (Lipinski definition) is 2. The predicted molar refractivity (Wildman–Crippen MR) is 90.4 cm³/mol. The highest BCUT2D eigenvalue weighted by molar-refractivity contribution is 6.07. The molecule has 4 nitrogen and oxygen atoms in total. The molecule has 4 aromatic rings. The van der Waals surface area contributed by atoms with Crippen molar-refractivity contribution < 1.29 is 13.6 Å². The maximum Gasteiger partial charge on any atom is 0.291 e. The maximum atomic E-state index is 13.0. The van der Waals surface area contributed by atoms with E-state index in [1.807, 2.05) is 30.5 Å². The van der Waals surface area contributed by atoms with Crippen LogP contribution < -0.4 is 5.32 Å². The Bertz CT molecular complexity index is 1020. The molecule has 0 radical (unpaired) electrons. The third kappa shape index (κ3) is 2.56. The van der Waals surface area contributed by atoms with Crippen molar-refractivity contribution in [1.29, 1.82) is 0 Å². The number of aromatic amines is 1. The standard InChI is InChI=1S/C19H13FN2O2/c20-13-6-4-12(5-7-13)17-8-9-18(24-17)19(23)22-16-3-1-2-15-14(16)10-11-21-15/h1-11,21H,(H,22,23). The zero-order valence-electron chi connectivity index (χ0n) is 12.5. The Labute approximate surface area is 136 Å². The molecule has 2 aromatic heterocycles. The van der Waals surface area contributed by atoms with Gasteiger partial charge in [0.25, 0.3) is 5.91 Å². The van der Waals surface area contributed by atoms with Gasteiger partial charge in [0.2, 0.25) is 0 Å². The molecule has 2 heterocycles. The van der Waals surface area contributed by atoms with E-state index in [0.717, 1.165) is 10.9 Å². The second kappa shape index (κ2) is 5.70. The molecule has 0 aliphatic rings. The second-order valence-electron chi connectivity index (χ2n) is 5.37. The van der Waals surface area contributed by atoms with E-state index in [2.05, 4.69) is 10.3 Å². The van der Waals surface area contributed by atoms with Crippen molar-refractivity contribution in [1.82, 2.24) is 4.98 Å². The van der Waals surface area contributed by atoms with Gasteiger partial charge >= 0.3 is 0 Å². The van der Waals surface area contributed by atoms with Crippen LogP contribution in [0.1, 0.15) is 10.6 Å². The minimum absolute atomic E-state index is 0.196. The number of hydrogen-bond donors (Lipinski definition) is 2. The molecule has 4 rings (SSSR count). The highest BCUT2D eigenvalue weighted by atomic mass is 19.1. The molecule has 5 heteroatoms. The van der Waals surface area contributed by atoms with Crippen molar-refractivity contribution in [2.45, 2.75) is 0 Å². The molecule has 0 saturated carbocycles. The number of rotatable bonds is 3. The van der Waals surface area contributed by atoms with Crippen LogP contribution in [-0.4, -0.2) is 10.9 Å². The SMILES string of the molecule is O=C(Nc1cccc2[nH]ccc12)c1ccc(-c2ccc(F)cc2)o1. The van der Waals surface area contributed by atoms with Crippen LogP contribution in [0.5, 0.6) is 0 Å². The van der Waals surface area contributed by atoms with Crippen molar-refractivity contribution >= 4 is 22.5 Å². The van der Waals surface area contributed by atoms with E-state index < -0.39 is 0 Å². The van der Waals surface area contributed by atoms with Crippen molar-refractivity contribution in [3.63, 3.8) is 0 Å². The number of anilines is 1. The van der Waals surface area contributed by atoms with Crippen LogP contribution in [0.3, 0.4) is 0 Å². The molecule has 24 heavy (non-hydrogen) atoms. The number of H-pyrrole nitrogens is 1. The van der Waals surface area contributed by atoms with E-state index in [1.165, 1.54) is 12.1 Å². The average molecular weight is 320 g/mol. The molecular weight excluding hydrogens is 307 g/mol. The Morgan fingerprint density at radius 1 is 1.00 bits per heavy atom. The lowest BCUT2D eigenvalue weighted by molar-refractivity contribution is 0.0997. The van der Waals surface area contributed by atoms with Gasteiger partial charge in [0.05, 0.1) is 5.69 Å². The van der Waals surface area contributed by atoms with Gasteiger partial charge in [0.15, 0.2) is 5.76 Å². The number of aromatic nitrogens is 1. The van der Waals surface area contributed by atoms with Crippen LogP contribution in [-0.2, 0) is 0 Å². The topological polar surface area (TPSA) is 58.0 Å². The van der Waals surface area contributed by atoms with Crippen LogP contribution in [0.2, 0.25) is 0 Å². The maximum absolute atomic E-state index is 13.0. The predicted octanol–water partition coefficient (Wildman–Crippen LogP) is 4.82. The van der Waals surface area contributed by atoms with Crippen molar-refractivity contribution in [3.8, 4) is 11.3 Å². The zero-order valence-corrected chi connectivity index (χ0v) is 12.5. The Morgan fingerprint density at radius 2 is 1.83 bits per heavy atom. The van der Waals surface area contributed by atoms with Crippen molar-refractivity contribution in [3.05, 3.63) is 78.4 Å². The average Bonchev–Trinajstić information content (AvgIpc) is 3.25. The molecule has 0 aliphatic heterocycles. The number of furan rings is 1. The molecule has 0 fully saturated rings. The molecule has 2 N–H and O–H groups in total. The summed E-state index contributed by atoms with van der Waals surface area (Å²) in [6.07, 6.45) is 1.82. The summed E-state index contributed by atoms with van der Waals surface area (Å²) in [5.74, 6) is 0.0572. The summed E-state index contributed by atoms with van der Waals surface area (Å²) < 4.78 is 18.6. The summed E-state index contributed by atoms with van der Waals surface area (Å²) in [6.45, 7) is 0. The summed E-state index contributed by atoms with van der Waals surface area (Å²) in [4.78, 5) is 15.5. The summed E-state index contributed by atoms with van der Waals surface area (Å²) in [5.41, 5.74) is 2.36. The first-order valence-electron chi connectivity index (χ1n) is 7.44. The second-order valence-corrected chi connectivity index (χ2v) is 5.37. The fourth-order valence-electron chi connectivity index (χ4n) is 2.61. The van der Waals surface area contributed by atoms with Gasteiger partial charge in [-0.1, -0.05) is 6.07 Å². The first-order valence-corrected chi connectivity index (χ1v) is 7.44. The van der Waals surface area contributed by atoms with Gasteiger partial charge in [0, 0.05) is 22.7 Å². The van der Waals surface area contributed by atoms with Gasteiger partial charge in [-0.3, -0.25) is 4.79 Å². The lowest BCUT2D eigenvalue weighted by Gasteiger charge is -2.04. The van der Waals surface area contributed by atoms with E-state index in [0.29, 0.717) is 17.0 Å². The highest BCUT2D eigenvalue weighted by Crippen LogP contribution is 2.25. The van der Waals surface area contributed by atoms with Crippen molar-refractivity contribution in [2.24, 2.45) is 0 Å². The Morgan fingerprint density at radius 3 is 2.67 bits per heavy atom. The van der Waals surface area contributed by atoms with Crippen LogP contribution in [0.25, 0.3) is 22.2 Å². The van der Waals surface area contributed by atoms with E-state index >= 15 is 0 Å². The highest BCUT2D eigenvalue weighted by Gasteiger charge is 2.14. The van der Waals surface area contributed by atoms with Crippen LogP contribution >= 0.6 is 0 Å². The van der Waals surface area contributed by atoms with Crippen LogP contribution in [0.15, 0.2) is 71.3 Å². The quantitative estimate of drug-likeness (QED) is 0.568. The summed E-state index contributed by atoms with van der Waals surface area (Å²) in [5, 5.41) is 3.78. The summed E-state index contributed by atoms with van der Waals surface area (Å²) >= 11 is 0. The van der Waals surface area contributed by atoms with Gasteiger partial charge in [-0.2, -0.15) is 0 Å². The molecule has 0 aliphatic carbocycles. The molecule has 0 bridgehead atoms. The Kier molecular flexibility index (Phi) is 3.39. The fourth-order valence-corrected chi connectivity index (χ4v) is 2.61. The fraction of sp³-hybridized carbons (Fsp3) is 0. The van der Waals surface area contributed by atoms with Gasteiger partial charge in [-0.25, -0.2) is 4.39 Å². The summed E-state index contributed by atoms with van der Waals surface area (Å²) in [7, 11) is 0. The third-order valence-electron chi connectivity index (χ3n) is 3.80. The largest absolute Gasteiger partial charge is 0.451 e. The van der Waals surface area contributed by atoms with Gasteiger partial charge < -0.3 is 14.7 Å². The van der Waals surface area contributed by atoms with Gasteiger partial charge in [-0.15, -0.1) is 0 Å². The van der Waals surface area contributed by atoms with Crippen LogP contribution in [0, 0.1) is 5.82 Å². The van der Waals surface area contributed by atoms with Crippen molar-refractivity contribution in [2.75, 3.05) is 5.32 Å². The minimum atomic E-state index is -0.336. The molecule has 1 amide bonds. The molecule has 2 aromatic carbocycles. The first-order chi connectivity index (χ1) is 11.7. The molecule has 0 saturated heterocycles. The van der Waals surface area contributed by atoms with E-state index in [9.17, 15) is 9.18 Å². The smallest absolute Gasteiger partial charge is 0.291 e. The lowest BCUT2D eigenvalue weighted by atomic mass is 10.2. The van der Waals surface area contributed by atoms with E-state index in [-0.39, 0.29) is 17.5 Å². The third-order valence-corrected chi connectivity index (χ3v) is 3.80. The molecule has 0 unspecified atom stereocenters. The number of nitrogens with one attached hydrogen (secondary N) is 2. The minimum Gasteiger partial charge on any atom is -0.451 e. The molecule has 118 valence electrons. The normalized spacial score (nSPS) is 10.9. The van der Waals surface area contributed by atoms with E-state index in [1.54, 1.807) is 24.3 Å². The number of fused-ring (bicyclic) bond motifs is 1.